The highest BCUT2D eigenvalue weighted by molar-refractivity contribution is 6.35. The molecule has 11 heteroatoms. The summed E-state index contributed by atoms with van der Waals surface area (Å²) in [5.74, 6) is -1.81. The number of benzene rings is 3. The number of hydrogen-bond acceptors (Lipinski definition) is 7. The number of ether oxygens (including phenoxy) is 2. The predicted molar refractivity (Wildman–Crippen MR) is 128 cm³/mol. The van der Waals surface area contributed by atoms with E-state index >= 15 is 0 Å². The number of hydrogen-bond donors (Lipinski definition) is 1. The van der Waals surface area contributed by atoms with Crippen LogP contribution in [0.4, 0.5) is 5.69 Å². The molecule has 3 aromatic carbocycles. The Balaban J connectivity index is 1.64. The van der Waals surface area contributed by atoms with Crippen molar-refractivity contribution in [3.8, 4) is 5.75 Å². The molecular formula is C24H18Cl2N2O7. The van der Waals surface area contributed by atoms with Crippen molar-refractivity contribution in [2.45, 2.75) is 6.10 Å². The first-order valence-electron chi connectivity index (χ1n) is 10.1. The maximum atomic E-state index is 13.0. The third-order valence-corrected chi connectivity index (χ3v) is 5.17. The summed E-state index contributed by atoms with van der Waals surface area (Å²) in [6, 6.07) is 17.7. The van der Waals surface area contributed by atoms with E-state index in [4.69, 9.17) is 32.7 Å². The molecule has 1 amide bonds. The molecule has 0 saturated carbocycles. The van der Waals surface area contributed by atoms with Gasteiger partial charge in [-0.2, -0.15) is 0 Å². The second kappa shape index (κ2) is 12.0. The van der Waals surface area contributed by atoms with E-state index in [1.165, 1.54) is 36.4 Å². The fourth-order valence-corrected chi connectivity index (χ4v) is 3.39. The number of non-ortho nitro benzene ring substituents is 1. The SMILES string of the molecule is O=C(COc1ccc(Cl)cc1Cl)NCC(=O)O[C@H](C(=O)c1ccccc1)c1ccc([N+](=O)[O-])cc1. The lowest BCUT2D eigenvalue weighted by molar-refractivity contribution is -0.384. The number of nitrogens with one attached hydrogen (secondary N) is 1. The number of nitro benzene ring substituents is 1. The van der Waals surface area contributed by atoms with Gasteiger partial charge in [0, 0.05) is 28.3 Å². The molecule has 0 aromatic heterocycles. The van der Waals surface area contributed by atoms with E-state index in [0.29, 0.717) is 5.02 Å². The van der Waals surface area contributed by atoms with Gasteiger partial charge in [0.2, 0.25) is 5.78 Å². The number of nitrogens with zero attached hydrogens (tertiary/aromatic N) is 1. The number of nitro groups is 1. The predicted octanol–water partition coefficient (Wildman–Crippen LogP) is 4.56. The molecular weight excluding hydrogens is 499 g/mol. The Kier molecular flexibility index (Phi) is 8.77. The first-order chi connectivity index (χ1) is 16.7. The van der Waals surface area contributed by atoms with Crippen molar-refractivity contribution in [1.82, 2.24) is 5.32 Å². The Hall–Kier alpha value is -3.95. The van der Waals surface area contributed by atoms with E-state index in [1.54, 1.807) is 36.4 Å². The smallest absolute Gasteiger partial charge is 0.326 e. The zero-order chi connectivity index (χ0) is 25.4. The van der Waals surface area contributed by atoms with Crippen LogP contribution in [-0.4, -0.2) is 35.7 Å². The Labute approximate surface area is 209 Å². The molecule has 0 unspecified atom stereocenters. The van der Waals surface area contributed by atoms with Crippen LogP contribution in [0, 0.1) is 10.1 Å². The van der Waals surface area contributed by atoms with Crippen molar-refractivity contribution in [2.24, 2.45) is 0 Å². The van der Waals surface area contributed by atoms with Crippen LogP contribution in [0.5, 0.6) is 5.75 Å². The molecule has 1 atom stereocenters. The molecule has 0 fully saturated rings. The normalized spacial score (nSPS) is 11.3. The molecule has 0 aliphatic heterocycles. The number of carbonyl (C=O) groups is 3. The van der Waals surface area contributed by atoms with Gasteiger partial charge >= 0.3 is 5.97 Å². The topological polar surface area (TPSA) is 125 Å². The Morgan fingerprint density at radius 2 is 1.66 bits per heavy atom. The van der Waals surface area contributed by atoms with Crippen molar-refractivity contribution in [3.05, 3.63) is 104 Å². The van der Waals surface area contributed by atoms with Crippen molar-refractivity contribution < 1.29 is 28.8 Å². The van der Waals surface area contributed by atoms with Gasteiger partial charge < -0.3 is 14.8 Å². The monoisotopic (exact) mass is 516 g/mol. The van der Waals surface area contributed by atoms with E-state index in [2.05, 4.69) is 5.32 Å². The fraction of sp³-hybridized carbons (Fsp3) is 0.125. The van der Waals surface area contributed by atoms with Gasteiger partial charge in [-0.1, -0.05) is 53.5 Å². The van der Waals surface area contributed by atoms with E-state index in [-0.39, 0.29) is 27.6 Å². The second-order valence-corrected chi connectivity index (χ2v) is 7.93. The highest BCUT2D eigenvalue weighted by atomic mass is 35.5. The molecule has 0 aliphatic carbocycles. The van der Waals surface area contributed by atoms with Gasteiger partial charge in [-0.25, -0.2) is 0 Å². The molecule has 35 heavy (non-hydrogen) atoms. The minimum absolute atomic E-state index is 0.181. The number of Topliss-reactive ketones (excluding diaryl/α,β-unsaturated/α-hetero) is 1. The molecule has 0 spiro atoms. The van der Waals surface area contributed by atoms with Crippen molar-refractivity contribution in [2.75, 3.05) is 13.2 Å². The number of carbonyl (C=O) groups excluding carboxylic acids is 3. The Morgan fingerprint density at radius 3 is 2.29 bits per heavy atom. The number of rotatable bonds is 10. The van der Waals surface area contributed by atoms with E-state index in [1.807, 2.05) is 0 Å². The summed E-state index contributed by atoms with van der Waals surface area (Å²) >= 11 is 11.8. The molecule has 0 heterocycles. The molecule has 9 nitrogen and oxygen atoms in total. The van der Waals surface area contributed by atoms with Gasteiger partial charge in [-0.15, -0.1) is 0 Å². The molecule has 0 radical (unpaired) electrons. The van der Waals surface area contributed by atoms with E-state index in [0.717, 1.165) is 0 Å². The van der Waals surface area contributed by atoms with Crippen molar-refractivity contribution in [3.63, 3.8) is 0 Å². The van der Waals surface area contributed by atoms with Gasteiger partial charge in [-0.05, 0) is 30.3 Å². The highest BCUT2D eigenvalue weighted by Crippen LogP contribution is 2.27. The van der Waals surface area contributed by atoms with Crippen LogP contribution in [0.25, 0.3) is 0 Å². The zero-order valence-corrected chi connectivity index (χ0v) is 19.5. The summed E-state index contributed by atoms with van der Waals surface area (Å²) in [5.41, 5.74) is 0.338. The summed E-state index contributed by atoms with van der Waals surface area (Å²) < 4.78 is 10.6. The molecule has 3 rings (SSSR count). The van der Waals surface area contributed by atoms with Crippen LogP contribution in [-0.2, 0) is 14.3 Å². The number of halogens is 2. The third kappa shape index (κ3) is 7.26. The molecule has 3 aromatic rings. The fourth-order valence-electron chi connectivity index (χ4n) is 2.93. The van der Waals surface area contributed by atoms with E-state index in [9.17, 15) is 24.5 Å². The summed E-state index contributed by atoms with van der Waals surface area (Å²) in [4.78, 5) is 47.9. The number of ketones is 1. The summed E-state index contributed by atoms with van der Waals surface area (Å²) in [6.45, 7) is -0.967. The average Bonchev–Trinajstić information content (AvgIpc) is 2.85. The Bertz CT molecular complexity index is 1230. The summed E-state index contributed by atoms with van der Waals surface area (Å²) in [5, 5.41) is 13.9. The van der Waals surface area contributed by atoms with Gasteiger partial charge in [0.05, 0.1) is 9.95 Å². The zero-order valence-electron chi connectivity index (χ0n) is 18.0. The molecule has 180 valence electrons. The van der Waals surface area contributed by atoms with Gasteiger partial charge in [0.25, 0.3) is 11.6 Å². The van der Waals surface area contributed by atoms with Gasteiger partial charge in [0.15, 0.2) is 12.7 Å². The lowest BCUT2D eigenvalue weighted by atomic mass is 9.99. The summed E-state index contributed by atoms with van der Waals surface area (Å²) in [6.07, 6.45) is -1.37. The lowest BCUT2D eigenvalue weighted by Crippen LogP contribution is -2.35. The maximum Gasteiger partial charge on any atom is 0.326 e. The maximum absolute atomic E-state index is 13.0. The number of esters is 1. The largest absolute Gasteiger partial charge is 0.482 e. The Morgan fingerprint density at radius 1 is 0.971 bits per heavy atom. The minimum Gasteiger partial charge on any atom is -0.482 e. The van der Waals surface area contributed by atoms with Gasteiger partial charge in [-0.3, -0.25) is 24.5 Å². The highest BCUT2D eigenvalue weighted by Gasteiger charge is 2.27. The number of amides is 1. The standard InChI is InChI=1S/C24H18Cl2N2O7/c25-17-8-11-20(19(26)12-17)34-14-21(29)27-13-22(30)35-24(23(31)15-4-2-1-3-5-15)16-6-9-18(10-7-16)28(32)33/h1-12,24H,13-14H2,(H,27,29)/t24-/m0/s1. The first kappa shape index (κ1) is 25.7. The van der Waals surface area contributed by atoms with Crippen LogP contribution in [0.1, 0.15) is 22.0 Å². The van der Waals surface area contributed by atoms with Crippen LogP contribution < -0.4 is 10.1 Å². The minimum atomic E-state index is -1.37. The molecule has 1 N–H and O–H groups in total. The quantitative estimate of drug-likeness (QED) is 0.181. The third-order valence-electron chi connectivity index (χ3n) is 4.63. The molecule has 0 saturated heterocycles. The van der Waals surface area contributed by atoms with Crippen molar-refractivity contribution in [1.29, 1.82) is 0 Å². The van der Waals surface area contributed by atoms with Crippen LogP contribution in [0.2, 0.25) is 10.0 Å². The molecule has 0 aliphatic rings. The average molecular weight is 517 g/mol. The van der Waals surface area contributed by atoms with Crippen LogP contribution in [0.15, 0.2) is 72.8 Å². The second-order valence-electron chi connectivity index (χ2n) is 7.09. The van der Waals surface area contributed by atoms with Gasteiger partial charge in [0.1, 0.15) is 12.3 Å². The van der Waals surface area contributed by atoms with E-state index < -0.39 is 41.8 Å². The lowest BCUT2D eigenvalue weighted by Gasteiger charge is -2.18. The summed E-state index contributed by atoms with van der Waals surface area (Å²) in [7, 11) is 0. The van der Waals surface area contributed by atoms with Crippen molar-refractivity contribution >= 4 is 46.5 Å². The van der Waals surface area contributed by atoms with Crippen LogP contribution >= 0.6 is 23.2 Å². The molecule has 0 bridgehead atoms. The first-order valence-corrected chi connectivity index (χ1v) is 10.9. The van der Waals surface area contributed by atoms with Crippen LogP contribution in [0.3, 0.4) is 0 Å².